The highest BCUT2D eigenvalue weighted by atomic mass is 32.1. The molecule has 0 spiro atoms. The Hall–Kier alpha value is -3.80. The van der Waals surface area contributed by atoms with E-state index in [1.807, 2.05) is 0 Å². The van der Waals surface area contributed by atoms with Gasteiger partial charge in [-0.25, -0.2) is 0 Å². The summed E-state index contributed by atoms with van der Waals surface area (Å²) in [4.78, 5) is 21.0. The SMILES string of the molecule is C/C(=N\NC(=S)Nc1cccc([N+](=O)[O-])c1)c1cc([N+](=O)[O-])c(OC(C)C)cc1O. The molecule has 12 heteroatoms. The Labute approximate surface area is 176 Å². The van der Waals surface area contributed by atoms with Crippen molar-refractivity contribution < 1.29 is 19.7 Å². The third-order valence-corrected chi connectivity index (χ3v) is 3.86. The van der Waals surface area contributed by atoms with Crippen LogP contribution in [0, 0.1) is 20.2 Å². The van der Waals surface area contributed by atoms with E-state index in [2.05, 4.69) is 15.8 Å². The van der Waals surface area contributed by atoms with Crippen molar-refractivity contribution in [1.29, 1.82) is 0 Å². The standard InChI is InChI=1S/C18H19N5O6S/c1-10(2)29-17-9-16(24)14(8-15(17)23(27)28)11(3)20-21-18(30)19-12-5-4-6-13(7-12)22(25)26/h4-10,24H,1-3H3,(H2,19,21,30)/b20-11+. The maximum atomic E-state index is 11.3. The Morgan fingerprint density at radius 2 is 1.90 bits per heavy atom. The molecule has 0 aliphatic carbocycles. The number of phenols is 1. The first-order valence-electron chi connectivity index (χ1n) is 8.62. The van der Waals surface area contributed by atoms with Gasteiger partial charge < -0.3 is 15.2 Å². The van der Waals surface area contributed by atoms with Crippen molar-refractivity contribution in [2.24, 2.45) is 5.10 Å². The summed E-state index contributed by atoms with van der Waals surface area (Å²) in [6.45, 7) is 4.94. The molecule has 0 atom stereocenters. The number of nitro groups is 2. The molecule has 0 unspecified atom stereocenters. The van der Waals surface area contributed by atoms with Crippen LogP contribution < -0.4 is 15.5 Å². The number of nitro benzene ring substituents is 2. The highest BCUT2D eigenvalue weighted by Crippen LogP contribution is 2.35. The van der Waals surface area contributed by atoms with E-state index < -0.39 is 9.85 Å². The maximum Gasteiger partial charge on any atom is 0.311 e. The fourth-order valence-electron chi connectivity index (χ4n) is 2.39. The minimum atomic E-state index is -0.615. The van der Waals surface area contributed by atoms with Gasteiger partial charge in [-0.1, -0.05) is 6.07 Å². The third kappa shape index (κ3) is 5.85. The van der Waals surface area contributed by atoms with Gasteiger partial charge in [0.25, 0.3) is 5.69 Å². The van der Waals surface area contributed by atoms with Crippen molar-refractivity contribution in [3.63, 3.8) is 0 Å². The van der Waals surface area contributed by atoms with Crippen molar-refractivity contribution in [2.45, 2.75) is 26.9 Å². The smallest absolute Gasteiger partial charge is 0.311 e. The first-order chi connectivity index (χ1) is 14.1. The summed E-state index contributed by atoms with van der Waals surface area (Å²) in [5.41, 5.74) is 2.81. The second-order valence-corrected chi connectivity index (χ2v) is 6.74. The van der Waals surface area contributed by atoms with Crippen LogP contribution in [0.3, 0.4) is 0 Å². The number of aromatic hydroxyl groups is 1. The zero-order valence-corrected chi connectivity index (χ0v) is 17.1. The van der Waals surface area contributed by atoms with Gasteiger partial charge in [-0.05, 0) is 39.1 Å². The predicted molar refractivity (Wildman–Crippen MR) is 115 cm³/mol. The van der Waals surface area contributed by atoms with Gasteiger partial charge in [-0.2, -0.15) is 5.10 Å². The Kier molecular flexibility index (Phi) is 7.20. The molecule has 0 heterocycles. The summed E-state index contributed by atoms with van der Waals surface area (Å²) in [7, 11) is 0. The highest BCUT2D eigenvalue weighted by Gasteiger charge is 2.21. The Morgan fingerprint density at radius 3 is 2.50 bits per heavy atom. The number of ether oxygens (including phenoxy) is 1. The summed E-state index contributed by atoms with van der Waals surface area (Å²) < 4.78 is 5.38. The number of rotatable bonds is 7. The Bertz CT molecular complexity index is 1020. The molecule has 0 saturated heterocycles. The number of anilines is 1. The van der Waals surface area contributed by atoms with E-state index in [1.165, 1.54) is 25.1 Å². The molecule has 0 aliphatic heterocycles. The lowest BCUT2D eigenvalue weighted by Crippen LogP contribution is -2.25. The van der Waals surface area contributed by atoms with Gasteiger partial charge >= 0.3 is 5.69 Å². The number of thiocarbonyl (C=S) groups is 1. The molecule has 2 aromatic carbocycles. The summed E-state index contributed by atoms with van der Waals surface area (Å²) >= 11 is 5.09. The molecule has 158 valence electrons. The summed E-state index contributed by atoms with van der Waals surface area (Å²) in [5.74, 6) is -0.309. The van der Waals surface area contributed by atoms with Gasteiger partial charge in [0, 0.05) is 35.5 Å². The van der Waals surface area contributed by atoms with Gasteiger partial charge in [0.1, 0.15) is 5.75 Å². The normalized spacial score (nSPS) is 11.1. The van der Waals surface area contributed by atoms with Crippen LogP contribution in [0.4, 0.5) is 17.1 Å². The Morgan fingerprint density at radius 1 is 1.20 bits per heavy atom. The molecule has 2 aromatic rings. The van der Waals surface area contributed by atoms with E-state index in [-0.39, 0.29) is 45.4 Å². The molecule has 0 amide bonds. The molecule has 30 heavy (non-hydrogen) atoms. The average molecular weight is 433 g/mol. The van der Waals surface area contributed by atoms with E-state index in [0.29, 0.717) is 5.69 Å². The van der Waals surface area contributed by atoms with Gasteiger partial charge in [0.05, 0.1) is 21.7 Å². The van der Waals surface area contributed by atoms with Gasteiger partial charge in [-0.15, -0.1) is 0 Å². The fraction of sp³-hybridized carbons (Fsp3) is 0.222. The Balaban J connectivity index is 2.19. The van der Waals surface area contributed by atoms with Crippen LogP contribution in [0.5, 0.6) is 11.5 Å². The third-order valence-electron chi connectivity index (χ3n) is 3.67. The van der Waals surface area contributed by atoms with Gasteiger partial charge in [-0.3, -0.25) is 25.7 Å². The minimum Gasteiger partial charge on any atom is -0.507 e. The van der Waals surface area contributed by atoms with Crippen LogP contribution in [0.15, 0.2) is 41.5 Å². The molecule has 0 saturated carbocycles. The van der Waals surface area contributed by atoms with E-state index >= 15 is 0 Å². The number of phenolic OH excluding ortho intramolecular Hbond substituents is 1. The maximum absolute atomic E-state index is 11.3. The zero-order valence-electron chi connectivity index (χ0n) is 16.3. The molecule has 0 fully saturated rings. The van der Waals surface area contributed by atoms with Crippen LogP contribution in [0.1, 0.15) is 26.3 Å². The number of nitrogens with zero attached hydrogens (tertiary/aromatic N) is 3. The number of benzene rings is 2. The quantitative estimate of drug-likeness (QED) is 0.257. The summed E-state index contributed by atoms with van der Waals surface area (Å²) in [6, 6.07) is 8.03. The fourth-order valence-corrected chi connectivity index (χ4v) is 2.55. The second-order valence-electron chi connectivity index (χ2n) is 6.33. The molecule has 0 aromatic heterocycles. The molecule has 11 nitrogen and oxygen atoms in total. The first kappa shape index (κ1) is 22.5. The first-order valence-corrected chi connectivity index (χ1v) is 9.03. The average Bonchev–Trinajstić information content (AvgIpc) is 2.65. The van der Waals surface area contributed by atoms with Crippen molar-refractivity contribution in [1.82, 2.24) is 5.43 Å². The van der Waals surface area contributed by atoms with Crippen molar-refractivity contribution in [2.75, 3.05) is 5.32 Å². The lowest BCUT2D eigenvalue weighted by molar-refractivity contribution is -0.386. The van der Waals surface area contributed by atoms with Crippen molar-refractivity contribution in [3.8, 4) is 11.5 Å². The molecular formula is C18H19N5O6S. The molecule has 2 rings (SSSR count). The monoisotopic (exact) mass is 433 g/mol. The number of hydrogen-bond acceptors (Lipinski definition) is 8. The number of nitrogens with one attached hydrogen (secondary N) is 2. The molecule has 0 aliphatic rings. The largest absolute Gasteiger partial charge is 0.507 e. The van der Waals surface area contributed by atoms with Gasteiger partial charge in [0.15, 0.2) is 5.11 Å². The van der Waals surface area contributed by atoms with E-state index in [1.54, 1.807) is 19.9 Å². The van der Waals surface area contributed by atoms with Gasteiger partial charge in [0.2, 0.25) is 5.75 Å². The van der Waals surface area contributed by atoms with Crippen LogP contribution >= 0.6 is 12.2 Å². The predicted octanol–water partition coefficient (Wildman–Crippen LogP) is 3.71. The van der Waals surface area contributed by atoms with Crippen LogP contribution in [-0.4, -0.2) is 31.9 Å². The minimum absolute atomic E-state index is 0.0311. The molecule has 0 bridgehead atoms. The lowest BCUT2D eigenvalue weighted by atomic mass is 10.1. The van der Waals surface area contributed by atoms with Crippen molar-refractivity contribution in [3.05, 3.63) is 62.2 Å². The van der Waals surface area contributed by atoms with E-state index in [9.17, 15) is 25.3 Å². The summed E-state index contributed by atoms with van der Waals surface area (Å²) in [5, 5.41) is 39.2. The zero-order chi connectivity index (χ0) is 22.4. The lowest BCUT2D eigenvalue weighted by Gasteiger charge is -2.13. The molecule has 0 radical (unpaired) electrons. The molecule has 3 N–H and O–H groups in total. The van der Waals surface area contributed by atoms with E-state index in [4.69, 9.17) is 17.0 Å². The number of hydrogen-bond donors (Lipinski definition) is 3. The molecular weight excluding hydrogens is 414 g/mol. The second kappa shape index (κ2) is 9.60. The summed E-state index contributed by atoms with van der Waals surface area (Å²) in [6.07, 6.45) is -0.317. The number of hydrazone groups is 1. The van der Waals surface area contributed by atoms with Crippen LogP contribution in [0.25, 0.3) is 0 Å². The topological polar surface area (TPSA) is 152 Å². The van der Waals surface area contributed by atoms with Crippen LogP contribution in [0.2, 0.25) is 0 Å². The van der Waals surface area contributed by atoms with Crippen LogP contribution in [-0.2, 0) is 0 Å². The highest BCUT2D eigenvalue weighted by molar-refractivity contribution is 7.80. The van der Waals surface area contributed by atoms with Crippen molar-refractivity contribution >= 4 is 40.1 Å². The van der Waals surface area contributed by atoms with E-state index in [0.717, 1.165) is 12.1 Å². The number of non-ortho nitro benzene ring substituents is 1.